The Balaban J connectivity index is 2.06. The van der Waals surface area contributed by atoms with Crippen molar-refractivity contribution >= 4 is 50.1 Å². The van der Waals surface area contributed by atoms with Gasteiger partial charge in [-0.3, -0.25) is 0 Å². The maximum atomic E-state index is 13.3. The van der Waals surface area contributed by atoms with Crippen LogP contribution in [-0.4, -0.2) is 24.6 Å². The Morgan fingerprint density at radius 3 is 2.62 bits per heavy atom. The first-order valence-electron chi connectivity index (χ1n) is 6.92. The van der Waals surface area contributed by atoms with Crippen molar-refractivity contribution in [2.45, 2.75) is 25.6 Å². The molecule has 24 heavy (non-hydrogen) atoms. The minimum atomic E-state index is -2.60. The van der Waals surface area contributed by atoms with Crippen LogP contribution < -0.4 is 4.74 Å². The number of rotatable bonds is 7. The third-order valence-electron chi connectivity index (χ3n) is 3.28. The third-order valence-corrected chi connectivity index (χ3v) is 5.26. The lowest BCUT2D eigenvalue weighted by atomic mass is 10.1. The van der Waals surface area contributed by atoms with Crippen molar-refractivity contribution in [3.63, 3.8) is 0 Å². The van der Waals surface area contributed by atoms with E-state index in [-0.39, 0.29) is 13.0 Å². The van der Waals surface area contributed by atoms with Crippen LogP contribution in [-0.2, 0) is 17.8 Å². The Kier molecular flexibility index (Phi) is 7.64. The van der Waals surface area contributed by atoms with Gasteiger partial charge in [-0.1, -0.05) is 33.6 Å². The van der Waals surface area contributed by atoms with Crippen LogP contribution in [0.2, 0.25) is 5.02 Å². The first kappa shape index (κ1) is 19.8. The average Bonchev–Trinajstić information content (AvgIpc) is 2.53. The normalized spacial score (nSPS) is 12.5. The molecule has 0 bridgehead atoms. The van der Waals surface area contributed by atoms with Crippen molar-refractivity contribution in [1.29, 1.82) is 0 Å². The van der Waals surface area contributed by atoms with Crippen LogP contribution in [0.1, 0.15) is 11.1 Å². The minimum Gasteiger partial charge on any atom is -0.481 e. The van der Waals surface area contributed by atoms with Gasteiger partial charge in [0, 0.05) is 37.3 Å². The summed E-state index contributed by atoms with van der Waals surface area (Å²) >= 11 is 11.3. The van der Waals surface area contributed by atoms with Crippen LogP contribution in [0, 0.1) is 3.57 Å². The highest BCUT2D eigenvalue weighted by Crippen LogP contribution is 2.25. The zero-order chi connectivity index (χ0) is 17.7. The summed E-state index contributed by atoms with van der Waals surface area (Å²) in [7, 11) is 1.52. The molecular formula is C16H14BrClF2INO2. The van der Waals surface area contributed by atoms with Gasteiger partial charge in [-0.15, -0.1) is 0 Å². The van der Waals surface area contributed by atoms with Gasteiger partial charge in [0.15, 0.2) is 0 Å². The third kappa shape index (κ3) is 5.50. The zero-order valence-corrected chi connectivity index (χ0v) is 17.1. The molecule has 0 spiro atoms. The van der Waals surface area contributed by atoms with Gasteiger partial charge in [0.05, 0.1) is 13.7 Å². The summed E-state index contributed by atoms with van der Waals surface area (Å²) in [6.07, 6.45) is -2.17. The number of methoxy groups -OCH3 is 1. The Hall–Kier alpha value is -0.510. The molecule has 1 aromatic heterocycles. The fourth-order valence-electron chi connectivity index (χ4n) is 1.98. The number of pyridine rings is 1. The highest BCUT2D eigenvalue weighted by molar-refractivity contribution is 14.1. The number of hydrogen-bond donors (Lipinski definition) is 0. The van der Waals surface area contributed by atoms with Crippen molar-refractivity contribution in [1.82, 2.24) is 4.98 Å². The summed E-state index contributed by atoms with van der Waals surface area (Å²) in [6, 6.07) is 6.78. The maximum absolute atomic E-state index is 13.3. The Morgan fingerprint density at radius 2 is 2.04 bits per heavy atom. The molecule has 1 heterocycles. The number of halogens is 5. The fourth-order valence-corrected chi connectivity index (χ4v) is 3.39. The summed E-state index contributed by atoms with van der Waals surface area (Å²) in [5, 5.41) is 0.541. The van der Waals surface area contributed by atoms with Gasteiger partial charge < -0.3 is 9.47 Å². The smallest absolute Gasteiger partial charge is 0.264 e. The van der Waals surface area contributed by atoms with Crippen molar-refractivity contribution in [3.05, 3.63) is 54.7 Å². The summed E-state index contributed by atoms with van der Waals surface area (Å²) in [5.74, 6) is 0.471. The van der Waals surface area contributed by atoms with Crippen LogP contribution in [0.5, 0.6) is 5.88 Å². The molecule has 2 rings (SSSR count). The molecule has 0 N–H and O–H groups in total. The van der Waals surface area contributed by atoms with Crippen molar-refractivity contribution in [2.24, 2.45) is 0 Å². The molecule has 0 aliphatic heterocycles. The molecular weight excluding hydrogens is 518 g/mol. The van der Waals surface area contributed by atoms with E-state index in [0.717, 1.165) is 9.13 Å². The maximum Gasteiger partial charge on any atom is 0.264 e. The molecule has 0 aliphatic carbocycles. The minimum absolute atomic E-state index is 0.0511. The van der Waals surface area contributed by atoms with Crippen molar-refractivity contribution in [2.75, 3.05) is 7.11 Å². The SMILES string of the molecule is COc1cc(I)c(COC(Cc2ccc(Cl)cc2Br)C(F)F)cn1. The topological polar surface area (TPSA) is 31.4 Å². The monoisotopic (exact) mass is 531 g/mol. The average molecular weight is 533 g/mol. The first-order chi connectivity index (χ1) is 11.4. The van der Waals surface area contributed by atoms with Crippen LogP contribution in [0.15, 0.2) is 34.9 Å². The van der Waals surface area contributed by atoms with E-state index in [9.17, 15) is 8.78 Å². The zero-order valence-electron chi connectivity index (χ0n) is 12.6. The number of benzene rings is 1. The van der Waals surface area contributed by atoms with Crippen LogP contribution in [0.4, 0.5) is 8.78 Å². The Labute approximate surface area is 166 Å². The molecule has 2 aromatic rings. The molecule has 1 unspecified atom stereocenters. The van der Waals surface area contributed by atoms with Gasteiger partial charge in [0.25, 0.3) is 6.43 Å². The van der Waals surface area contributed by atoms with Crippen molar-refractivity contribution in [3.8, 4) is 5.88 Å². The second kappa shape index (κ2) is 9.26. The van der Waals surface area contributed by atoms with Gasteiger partial charge in [-0.05, 0) is 40.3 Å². The molecule has 0 aliphatic rings. The quantitative estimate of drug-likeness (QED) is 0.441. The Bertz CT molecular complexity index is 706. The van der Waals surface area contributed by atoms with Crippen molar-refractivity contribution < 1.29 is 18.3 Å². The number of ether oxygens (including phenoxy) is 2. The highest BCUT2D eigenvalue weighted by atomic mass is 127. The molecule has 1 aromatic carbocycles. The molecule has 0 saturated carbocycles. The van der Waals surface area contributed by atoms with Crippen LogP contribution in [0.3, 0.4) is 0 Å². The van der Waals surface area contributed by atoms with Gasteiger partial charge in [-0.2, -0.15) is 0 Å². The van der Waals surface area contributed by atoms with E-state index in [4.69, 9.17) is 21.1 Å². The summed E-state index contributed by atoms with van der Waals surface area (Å²) < 4.78 is 38.6. The molecule has 3 nitrogen and oxygen atoms in total. The fraction of sp³-hybridized carbons (Fsp3) is 0.312. The second-order valence-electron chi connectivity index (χ2n) is 4.94. The van der Waals surface area contributed by atoms with E-state index in [1.54, 1.807) is 30.5 Å². The summed E-state index contributed by atoms with van der Waals surface area (Å²) in [5.41, 5.74) is 1.45. The number of nitrogens with zero attached hydrogens (tertiary/aromatic N) is 1. The molecule has 0 saturated heterocycles. The standard InChI is InChI=1S/C16H14BrClF2INO2/c1-23-15-6-13(21)10(7-22-15)8-24-14(16(19)20)4-9-2-3-11(18)5-12(9)17/h2-3,5-7,14,16H,4,8H2,1H3. The number of aromatic nitrogens is 1. The molecule has 0 fully saturated rings. The van der Waals surface area contributed by atoms with Crippen LogP contribution >= 0.6 is 50.1 Å². The van der Waals surface area contributed by atoms with E-state index in [2.05, 4.69) is 43.5 Å². The predicted molar refractivity (Wildman–Crippen MR) is 101 cm³/mol. The van der Waals surface area contributed by atoms with E-state index in [1.165, 1.54) is 7.11 Å². The largest absolute Gasteiger partial charge is 0.481 e. The summed E-state index contributed by atoms with van der Waals surface area (Å²) in [4.78, 5) is 4.07. The highest BCUT2D eigenvalue weighted by Gasteiger charge is 2.23. The van der Waals surface area contributed by atoms with E-state index in [0.29, 0.717) is 20.9 Å². The predicted octanol–water partition coefficient (Wildman–Crippen LogP) is 5.50. The lowest BCUT2D eigenvalue weighted by molar-refractivity contribution is -0.0628. The molecule has 0 radical (unpaired) electrons. The van der Waals surface area contributed by atoms with Gasteiger partial charge in [-0.25, -0.2) is 13.8 Å². The van der Waals surface area contributed by atoms with E-state index in [1.807, 2.05) is 0 Å². The number of alkyl halides is 2. The first-order valence-corrected chi connectivity index (χ1v) is 9.17. The lowest BCUT2D eigenvalue weighted by Crippen LogP contribution is -2.25. The second-order valence-corrected chi connectivity index (χ2v) is 7.39. The van der Waals surface area contributed by atoms with Crippen LogP contribution in [0.25, 0.3) is 0 Å². The van der Waals surface area contributed by atoms with E-state index >= 15 is 0 Å². The molecule has 130 valence electrons. The Morgan fingerprint density at radius 1 is 1.29 bits per heavy atom. The lowest BCUT2D eigenvalue weighted by Gasteiger charge is -2.18. The van der Waals surface area contributed by atoms with E-state index < -0.39 is 12.5 Å². The molecule has 0 amide bonds. The van der Waals surface area contributed by atoms with Gasteiger partial charge in [0.2, 0.25) is 5.88 Å². The number of hydrogen-bond acceptors (Lipinski definition) is 3. The van der Waals surface area contributed by atoms with Gasteiger partial charge in [0.1, 0.15) is 6.10 Å². The van der Waals surface area contributed by atoms with Gasteiger partial charge >= 0.3 is 0 Å². The molecule has 8 heteroatoms. The molecule has 1 atom stereocenters. The summed E-state index contributed by atoms with van der Waals surface area (Å²) in [6.45, 7) is 0.0511.